The van der Waals surface area contributed by atoms with Crippen molar-refractivity contribution >= 4 is 33.0 Å². The van der Waals surface area contributed by atoms with Gasteiger partial charge >= 0.3 is 0 Å². The molecule has 1 fully saturated rings. The highest BCUT2D eigenvalue weighted by Gasteiger charge is 2.29. The zero-order chi connectivity index (χ0) is 14.8. The maximum atomic E-state index is 11.6. The van der Waals surface area contributed by atoms with Crippen molar-refractivity contribution in [2.24, 2.45) is 0 Å². The third-order valence-electron chi connectivity index (χ3n) is 3.26. The molecule has 112 valence electrons. The Morgan fingerprint density at radius 1 is 1.35 bits per heavy atom. The molecule has 1 aliphatic rings. The molecule has 1 heterocycles. The Hall–Kier alpha value is -0.330. The van der Waals surface area contributed by atoms with Crippen LogP contribution in [0.2, 0.25) is 10.0 Å². The van der Waals surface area contributed by atoms with E-state index in [1.54, 1.807) is 12.1 Å². The predicted octanol–water partition coefficient (Wildman–Crippen LogP) is 2.11. The fourth-order valence-corrected chi connectivity index (χ4v) is 3.56. The van der Waals surface area contributed by atoms with Gasteiger partial charge in [0.25, 0.3) is 0 Å². The first-order chi connectivity index (χ1) is 9.37. The molecule has 1 saturated heterocycles. The highest BCUT2D eigenvalue weighted by atomic mass is 35.5. The number of nitrogens with one attached hydrogen (secondary N) is 1. The van der Waals surface area contributed by atoms with Crippen LogP contribution in [0.5, 0.6) is 0 Å². The van der Waals surface area contributed by atoms with Crippen molar-refractivity contribution in [3.8, 4) is 0 Å². The van der Waals surface area contributed by atoms with E-state index in [0.29, 0.717) is 29.7 Å². The van der Waals surface area contributed by atoms with Gasteiger partial charge in [-0.05, 0) is 17.7 Å². The summed E-state index contributed by atoms with van der Waals surface area (Å²) in [5.74, 6) is -0.0680. The van der Waals surface area contributed by atoms with Crippen molar-refractivity contribution in [2.75, 3.05) is 31.7 Å². The Balaban J connectivity index is 2.29. The Morgan fingerprint density at radius 2 is 2.10 bits per heavy atom. The number of rotatable bonds is 3. The van der Waals surface area contributed by atoms with Crippen molar-refractivity contribution < 1.29 is 13.2 Å². The molecule has 1 aromatic rings. The summed E-state index contributed by atoms with van der Waals surface area (Å²) in [4.78, 5) is 0. The van der Waals surface area contributed by atoms with E-state index in [9.17, 15) is 8.42 Å². The van der Waals surface area contributed by atoms with Crippen LogP contribution in [-0.4, -0.2) is 46.2 Å². The Labute approximate surface area is 129 Å². The summed E-state index contributed by atoms with van der Waals surface area (Å²) in [6.07, 6.45) is 0.845. The largest absolute Gasteiger partial charge is 0.375 e. The van der Waals surface area contributed by atoms with E-state index < -0.39 is 9.84 Å². The molecule has 0 amide bonds. The third kappa shape index (κ3) is 4.33. The van der Waals surface area contributed by atoms with E-state index in [1.807, 2.05) is 6.07 Å². The number of hydrogen-bond donors (Lipinski definition) is 1. The summed E-state index contributed by atoms with van der Waals surface area (Å²) in [6.45, 7) is 1.86. The molecule has 1 aromatic carbocycles. The van der Waals surface area contributed by atoms with Gasteiger partial charge in [0.2, 0.25) is 0 Å². The van der Waals surface area contributed by atoms with Gasteiger partial charge in [-0.2, -0.15) is 0 Å². The Kier molecular flexibility index (Phi) is 5.31. The molecule has 0 bridgehead atoms. The lowest BCUT2D eigenvalue weighted by Gasteiger charge is -2.24. The summed E-state index contributed by atoms with van der Waals surface area (Å²) < 4.78 is 28.8. The minimum absolute atomic E-state index is 0.000405. The molecule has 20 heavy (non-hydrogen) atoms. The van der Waals surface area contributed by atoms with Gasteiger partial charge in [0.15, 0.2) is 0 Å². The van der Waals surface area contributed by atoms with Crippen LogP contribution >= 0.6 is 23.2 Å². The molecular weight excluding hydrogens is 321 g/mol. The van der Waals surface area contributed by atoms with Gasteiger partial charge in [-0.15, -0.1) is 0 Å². The second-order valence-electron chi connectivity index (χ2n) is 4.99. The fourth-order valence-electron chi connectivity index (χ4n) is 2.33. The maximum absolute atomic E-state index is 11.6. The van der Waals surface area contributed by atoms with Crippen LogP contribution in [-0.2, 0) is 14.6 Å². The summed E-state index contributed by atoms with van der Waals surface area (Å²) in [5, 5.41) is 4.20. The molecule has 0 spiro atoms. The van der Waals surface area contributed by atoms with E-state index in [1.165, 1.54) is 6.26 Å². The van der Waals surface area contributed by atoms with Gasteiger partial charge in [-0.25, -0.2) is 8.42 Å². The summed E-state index contributed by atoms with van der Waals surface area (Å²) in [5.41, 5.74) is 0.933. The quantitative estimate of drug-likeness (QED) is 0.917. The second-order valence-corrected chi connectivity index (χ2v) is 7.99. The standard InChI is InChI=1S/C13H17Cl2NO3S/c1-20(17,18)8-13-10(7-16-4-5-19-13)9-2-3-11(14)12(15)6-9/h2-3,6,10,13,16H,4-5,7-8H2,1H3/t10-,13-/m1/s1. The average Bonchev–Trinajstić information content (AvgIpc) is 2.56. The normalized spacial score (nSPS) is 24.4. The lowest BCUT2D eigenvalue weighted by atomic mass is 9.94. The topological polar surface area (TPSA) is 55.4 Å². The number of hydrogen-bond acceptors (Lipinski definition) is 4. The van der Waals surface area contributed by atoms with Gasteiger partial charge in [0.05, 0.1) is 28.5 Å². The first-order valence-electron chi connectivity index (χ1n) is 6.32. The van der Waals surface area contributed by atoms with E-state index >= 15 is 0 Å². The van der Waals surface area contributed by atoms with Crippen molar-refractivity contribution in [1.82, 2.24) is 5.32 Å². The molecule has 0 aliphatic carbocycles. The molecular formula is C13H17Cl2NO3S. The van der Waals surface area contributed by atoms with Crippen LogP contribution < -0.4 is 5.32 Å². The predicted molar refractivity (Wildman–Crippen MR) is 81.5 cm³/mol. The number of benzene rings is 1. The van der Waals surface area contributed by atoms with Crippen molar-refractivity contribution in [2.45, 2.75) is 12.0 Å². The first kappa shape index (κ1) is 16.0. The number of ether oxygens (including phenoxy) is 1. The van der Waals surface area contributed by atoms with Gasteiger partial charge < -0.3 is 10.1 Å². The Morgan fingerprint density at radius 3 is 2.75 bits per heavy atom. The van der Waals surface area contributed by atoms with Crippen LogP contribution in [0.1, 0.15) is 11.5 Å². The SMILES string of the molecule is CS(=O)(=O)C[C@H]1OCCNC[C@@H]1c1ccc(Cl)c(Cl)c1. The molecule has 1 N–H and O–H groups in total. The molecule has 2 atom stereocenters. The highest BCUT2D eigenvalue weighted by molar-refractivity contribution is 7.90. The van der Waals surface area contributed by atoms with Crippen LogP contribution in [0.15, 0.2) is 18.2 Å². The molecule has 0 unspecified atom stereocenters. The van der Waals surface area contributed by atoms with E-state index in [-0.39, 0.29) is 17.8 Å². The molecule has 0 radical (unpaired) electrons. The average molecular weight is 338 g/mol. The maximum Gasteiger partial charge on any atom is 0.150 e. The molecule has 1 aliphatic heterocycles. The molecule has 0 saturated carbocycles. The third-order valence-corrected chi connectivity index (χ3v) is 4.94. The van der Waals surface area contributed by atoms with Crippen LogP contribution in [0.3, 0.4) is 0 Å². The second kappa shape index (κ2) is 6.62. The Bertz CT molecular complexity index is 577. The van der Waals surface area contributed by atoms with Gasteiger partial charge in [0.1, 0.15) is 9.84 Å². The lowest BCUT2D eigenvalue weighted by molar-refractivity contribution is 0.0681. The first-order valence-corrected chi connectivity index (χ1v) is 9.13. The smallest absolute Gasteiger partial charge is 0.150 e. The number of sulfone groups is 1. The molecule has 0 aromatic heterocycles. The van der Waals surface area contributed by atoms with Gasteiger partial charge in [-0.3, -0.25) is 0 Å². The zero-order valence-electron chi connectivity index (χ0n) is 11.1. The van der Waals surface area contributed by atoms with Crippen LogP contribution in [0.25, 0.3) is 0 Å². The van der Waals surface area contributed by atoms with E-state index in [0.717, 1.165) is 5.56 Å². The molecule has 4 nitrogen and oxygen atoms in total. The number of halogens is 2. The lowest BCUT2D eigenvalue weighted by Crippen LogP contribution is -2.32. The zero-order valence-corrected chi connectivity index (χ0v) is 13.4. The minimum atomic E-state index is -3.11. The van der Waals surface area contributed by atoms with Gasteiger partial charge in [-0.1, -0.05) is 29.3 Å². The highest BCUT2D eigenvalue weighted by Crippen LogP contribution is 2.30. The van der Waals surface area contributed by atoms with E-state index in [2.05, 4.69) is 5.32 Å². The monoisotopic (exact) mass is 337 g/mol. The van der Waals surface area contributed by atoms with Crippen molar-refractivity contribution in [3.63, 3.8) is 0 Å². The van der Waals surface area contributed by atoms with Crippen molar-refractivity contribution in [3.05, 3.63) is 33.8 Å². The van der Waals surface area contributed by atoms with E-state index in [4.69, 9.17) is 27.9 Å². The molecule has 7 heteroatoms. The van der Waals surface area contributed by atoms with Gasteiger partial charge in [0, 0.05) is 25.3 Å². The van der Waals surface area contributed by atoms with Crippen LogP contribution in [0, 0.1) is 0 Å². The fraction of sp³-hybridized carbons (Fsp3) is 0.538. The molecule has 2 rings (SSSR count). The minimum Gasteiger partial charge on any atom is -0.375 e. The summed E-state index contributed by atoms with van der Waals surface area (Å²) >= 11 is 12.0. The van der Waals surface area contributed by atoms with Crippen LogP contribution in [0.4, 0.5) is 0 Å². The van der Waals surface area contributed by atoms with Crippen molar-refractivity contribution in [1.29, 1.82) is 0 Å². The summed E-state index contributed by atoms with van der Waals surface area (Å²) in [7, 11) is -3.11. The summed E-state index contributed by atoms with van der Waals surface area (Å²) in [6, 6.07) is 5.37.